The number of amides is 2. The number of nitro benzene ring substituents is 1. The molecular weight excluding hydrogens is 378 g/mol. The Bertz CT molecular complexity index is 849. The summed E-state index contributed by atoms with van der Waals surface area (Å²) in [6.07, 6.45) is 1.28. The van der Waals surface area contributed by atoms with Crippen molar-refractivity contribution in [2.75, 3.05) is 0 Å². The van der Waals surface area contributed by atoms with E-state index in [2.05, 4.69) is 21.2 Å². The molecule has 0 unspecified atom stereocenters. The molecule has 0 aliphatic carbocycles. The van der Waals surface area contributed by atoms with E-state index in [1.165, 1.54) is 24.3 Å². The summed E-state index contributed by atoms with van der Waals surface area (Å²) in [5.74, 6) is -1.38. The quantitative estimate of drug-likeness (QED) is 0.464. The number of carbonyl (C=O) groups is 2. The molecule has 2 rings (SSSR count). The Kier molecular flexibility index (Phi) is 5.43. The first-order chi connectivity index (χ1) is 11.4. The summed E-state index contributed by atoms with van der Waals surface area (Å²) in [4.78, 5) is 34.0. The monoisotopic (exact) mass is 389 g/mol. The molecule has 0 aliphatic heterocycles. The average Bonchev–Trinajstić information content (AvgIpc) is 2.54. The van der Waals surface area contributed by atoms with Crippen LogP contribution in [0.2, 0.25) is 0 Å². The number of benzene rings is 2. The topological polar surface area (TPSA) is 115 Å². The van der Waals surface area contributed by atoms with Gasteiger partial charge < -0.3 is 11.1 Å². The Hall–Kier alpha value is -3.00. The van der Waals surface area contributed by atoms with Gasteiger partial charge >= 0.3 is 0 Å². The molecule has 0 radical (unpaired) electrons. The number of nitro groups is 1. The highest BCUT2D eigenvalue weighted by atomic mass is 79.9. The zero-order valence-electron chi connectivity index (χ0n) is 12.2. The van der Waals surface area contributed by atoms with Crippen molar-refractivity contribution >= 4 is 39.5 Å². The van der Waals surface area contributed by atoms with Gasteiger partial charge in [-0.3, -0.25) is 19.7 Å². The molecule has 2 aromatic rings. The van der Waals surface area contributed by atoms with Crippen molar-refractivity contribution in [1.82, 2.24) is 5.32 Å². The third kappa shape index (κ3) is 4.50. The highest BCUT2D eigenvalue weighted by molar-refractivity contribution is 9.10. The summed E-state index contributed by atoms with van der Waals surface area (Å²) in [5, 5.41) is 13.2. The lowest BCUT2D eigenvalue weighted by Gasteiger charge is -2.07. The first kappa shape index (κ1) is 17.4. The molecular formula is C16H12BrN3O4. The summed E-state index contributed by atoms with van der Waals surface area (Å²) in [6.45, 7) is 0. The number of carbonyl (C=O) groups excluding carboxylic acids is 2. The Balaban J connectivity index is 2.29. The van der Waals surface area contributed by atoms with Gasteiger partial charge in [-0.2, -0.15) is 0 Å². The maximum atomic E-state index is 12.2. The van der Waals surface area contributed by atoms with E-state index in [4.69, 9.17) is 5.73 Å². The fourth-order valence-electron chi connectivity index (χ4n) is 1.89. The van der Waals surface area contributed by atoms with Crippen molar-refractivity contribution in [3.8, 4) is 0 Å². The fourth-order valence-corrected chi connectivity index (χ4v) is 2.29. The molecule has 8 heteroatoms. The molecule has 2 aromatic carbocycles. The number of nitrogens with two attached hydrogens (primary N) is 1. The van der Waals surface area contributed by atoms with Gasteiger partial charge in [-0.25, -0.2) is 0 Å². The van der Waals surface area contributed by atoms with E-state index in [9.17, 15) is 19.7 Å². The van der Waals surface area contributed by atoms with Crippen molar-refractivity contribution in [2.45, 2.75) is 0 Å². The van der Waals surface area contributed by atoms with Gasteiger partial charge in [-0.05, 0) is 29.8 Å². The standard InChI is InChI=1S/C16H12BrN3O4/c17-12-5-2-4-11(9-12)16(22)19-14(15(18)21)8-10-3-1-6-13(7-10)20(23)24/h1-9H,(H2,18,21)(H,19,22)/b14-8-. The van der Waals surface area contributed by atoms with Crippen LogP contribution in [0.1, 0.15) is 15.9 Å². The molecule has 0 fully saturated rings. The van der Waals surface area contributed by atoms with Gasteiger partial charge in [0.15, 0.2) is 0 Å². The third-order valence-electron chi connectivity index (χ3n) is 2.99. The molecule has 0 heterocycles. The summed E-state index contributed by atoms with van der Waals surface area (Å²) in [5.41, 5.74) is 5.67. The highest BCUT2D eigenvalue weighted by Crippen LogP contribution is 2.16. The minimum Gasteiger partial charge on any atom is -0.364 e. The van der Waals surface area contributed by atoms with Crippen molar-refractivity contribution in [2.24, 2.45) is 5.73 Å². The Labute approximate surface area is 145 Å². The van der Waals surface area contributed by atoms with Crippen LogP contribution in [0.15, 0.2) is 58.7 Å². The molecule has 7 nitrogen and oxygen atoms in total. The number of halogens is 1. The number of rotatable bonds is 5. The van der Waals surface area contributed by atoms with Crippen LogP contribution >= 0.6 is 15.9 Å². The van der Waals surface area contributed by atoms with E-state index in [1.807, 2.05) is 0 Å². The zero-order valence-corrected chi connectivity index (χ0v) is 13.8. The van der Waals surface area contributed by atoms with Gasteiger partial charge in [0.05, 0.1) is 4.92 Å². The minimum atomic E-state index is -0.857. The van der Waals surface area contributed by atoms with Crippen LogP contribution in [0.25, 0.3) is 6.08 Å². The van der Waals surface area contributed by atoms with Crippen molar-refractivity contribution in [3.63, 3.8) is 0 Å². The van der Waals surface area contributed by atoms with Gasteiger partial charge in [0.25, 0.3) is 17.5 Å². The zero-order chi connectivity index (χ0) is 17.7. The maximum Gasteiger partial charge on any atom is 0.270 e. The lowest BCUT2D eigenvalue weighted by molar-refractivity contribution is -0.384. The number of primary amides is 1. The second-order valence-electron chi connectivity index (χ2n) is 4.74. The number of nitrogens with zero attached hydrogens (tertiary/aromatic N) is 1. The number of hydrogen-bond acceptors (Lipinski definition) is 4. The van der Waals surface area contributed by atoms with E-state index in [1.54, 1.807) is 30.3 Å². The SMILES string of the molecule is NC(=O)/C(=C/c1cccc([N+](=O)[O-])c1)NC(=O)c1cccc(Br)c1. The van der Waals surface area contributed by atoms with Crippen LogP contribution in [0.4, 0.5) is 5.69 Å². The summed E-state index contributed by atoms with van der Waals surface area (Å²) >= 11 is 3.25. The molecule has 122 valence electrons. The summed E-state index contributed by atoms with van der Waals surface area (Å²) in [6, 6.07) is 12.2. The molecule has 2 amide bonds. The van der Waals surface area contributed by atoms with Crippen LogP contribution in [0, 0.1) is 10.1 Å². The second-order valence-corrected chi connectivity index (χ2v) is 5.65. The number of non-ortho nitro benzene ring substituents is 1. The Morgan fingerprint density at radius 3 is 2.50 bits per heavy atom. The summed E-state index contributed by atoms with van der Waals surface area (Å²) in [7, 11) is 0. The lowest BCUT2D eigenvalue weighted by Crippen LogP contribution is -2.31. The van der Waals surface area contributed by atoms with E-state index >= 15 is 0 Å². The first-order valence-electron chi connectivity index (χ1n) is 6.69. The third-order valence-corrected chi connectivity index (χ3v) is 3.49. The van der Waals surface area contributed by atoms with Crippen LogP contribution in [-0.4, -0.2) is 16.7 Å². The molecule has 0 bridgehead atoms. The van der Waals surface area contributed by atoms with Gasteiger partial charge in [-0.15, -0.1) is 0 Å². The Morgan fingerprint density at radius 2 is 1.88 bits per heavy atom. The molecule has 0 saturated heterocycles. The molecule has 0 spiro atoms. The van der Waals surface area contributed by atoms with Crippen LogP contribution in [-0.2, 0) is 4.79 Å². The molecule has 0 saturated carbocycles. The highest BCUT2D eigenvalue weighted by Gasteiger charge is 2.13. The normalized spacial score (nSPS) is 11.0. The summed E-state index contributed by atoms with van der Waals surface area (Å²) < 4.78 is 0.707. The average molecular weight is 390 g/mol. The fraction of sp³-hybridized carbons (Fsp3) is 0. The van der Waals surface area contributed by atoms with Crippen molar-refractivity contribution in [1.29, 1.82) is 0 Å². The molecule has 3 N–H and O–H groups in total. The van der Waals surface area contributed by atoms with Gasteiger partial charge in [0, 0.05) is 22.2 Å². The minimum absolute atomic E-state index is 0.133. The van der Waals surface area contributed by atoms with Gasteiger partial charge in [0.2, 0.25) is 0 Å². The lowest BCUT2D eigenvalue weighted by atomic mass is 10.1. The molecule has 24 heavy (non-hydrogen) atoms. The van der Waals surface area contributed by atoms with Crippen LogP contribution in [0.5, 0.6) is 0 Å². The van der Waals surface area contributed by atoms with E-state index in [0.29, 0.717) is 15.6 Å². The predicted octanol–water partition coefficient (Wildman–Crippen LogP) is 2.61. The largest absolute Gasteiger partial charge is 0.364 e. The van der Waals surface area contributed by atoms with E-state index in [0.717, 1.165) is 0 Å². The Morgan fingerprint density at radius 1 is 1.17 bits per heavy atom. The van der Waals surface area contributed by atoms with E-state index in [-0.39, 0.29) is 11.4 Å². The van der Waals surface area contributed by atoms with Gasteiger partial charge in [-0.1, -0.05) is 34.1 Å². The van der Waals surface area contributed by atoms with Crippen LogP contribution < -0.4 is 11.1 Å². The van der Waals surface area contributed by atoms with Crippen molar-refractivity contribution in [3.05, 3.63) is 79.9 Å². The molecule has 0 aromatic heterocycles. The van der Waals surface area contributed by atoms with Crippen LogP contribution in [0.3, 0.4) is 0 Å². The van der Waals surface area contributed by atoms with Crippen molar-refractivity contribution < 1.29 is 14.5 Å². The predicted molar refractivity (Wildman–Crippen MR) is 91.9 cm³/mol. The number of nitrogens with one attached hydrogen (secondary N) is 1. The smallest absolute Gasteiger partial charge is 0.270 e. The molecule has 0 atom stereocenters. The first-order valence-corrected chi connectivity index (χ1v) is 7.49. The molecule has 0 aliphatic rings. The van der Waals surface area contributed by atoms with E-state index < -0.39 is 16.7 Å². The second kappa shape index (κ2) is 7.51. The van der Waals surface area contributed by atoms with Gasteiger partial charge in [0.1, 0.15) is 5.70 Å². The maximum absolute atomic E-state index is 12.2. The number of hydrogen-bond donors (Lipinski definition) is 2.